The van der Waals surface area contributed by atoms with Gasteiger partial charge in [-0.3, -0.25) is 0 Å². The SMILES string of the molecule is Br.CCc1ccc(-c2c[n+]3c(n2-c2ccc(-c4ccccc4)cc2)CCCCC3)cc1. The van der Waals surface area contributed by atoms with E-state index in [2.05, 4.69) is 101 Å². The summed E-state index contributed by atoms with van der Waals surface area (Å²) >= 11 is 0. The van der Waals surface area contributed by atoms with Crippen LogP contribution in [0.5, 0.6) is 0 Å². The Balaban J connectivity index is 0.00000231. The number of benzene rings is 3. The summed E-state index contributed by atoms with van der Waals surface area (Å²) in [6.07, 6.45) is 8.42. The van der Waals surface area contributed by atoms with E-state index >= 15 is 0 Å². The molecule has 0 aliphatic carbocycles. The highest BCUT2D eigenvalue weighted by Gasteiger charge is 2.27. The van der Waals surface area contributed by atoms with Gasteiger partial charge in [0.25, 0.3) is 5.82 Å². The molecule has 1 aromatic heterocycles. The lowest BCUT2D eigenvalue weighted by Crippen LogP contribution is -2.35. The summed E-state index contributed by atoms with van der Waals surface area (Å²) in [5, 5.41) is 0. The van der Waals surface area contributed by atoms with Gasteiger partial charge >= 0.3 is 0 Å². The van der Waals surface area contributed by atoms with Crippen LogP contribution in [0.25, 0.3) is 28.1 Å². The third-order valence-electron chi connectivity index (χ3n) is 6.30. The second kappa shape index (κ2) is 9.65. The van der Waals surface area contributed by atoms with Crippen molar-refractivity contribution in [2.45, 2.75) is 45.6 Å². The molecular formula is C28H30BrN2+. The molecule has 2 heterocycles. The number of hydrogen-bond donors (Lipinski definition) is 0. The maximum Gasteiger partial charge on any atom is 0.262 e. The molecule has 158 valence electrons. The quantitative estimate of drug-likeness (QED) is 0.283. The fourth-order valence-corrected chi connectivity index (χ4v) is 4.57. The molecule has 5 rings (SSSR count). The molecule has 4 aromatic rings. The minimum absolute atomic E-state index is 0. The van der Waals surface area contributed by atoms with E-state index in [-0.39, 0.29) is 17.0 Å². The van der Waals surface area contributed by atoms with Crippen molar-refractivity contribution in [3.05, 3.63) is 96.4 Å². The molecule has 3 heteroatoms. The van der Waals surface area contributed by atoms with Crippen LogP contribution < -0.4 is 4.57 Å². The van der Waals surface area contributed by atoms with Crippen molar-refractivity contribution in [1.29, 1.82) is 0 Å². The second-order valence-electron chi connectivity index (χ2n) is 8.23. The van der Waals surface area contributed by atoms with Gasteiger partial charge in [-0.15, -0.1) is 17.0 Å². The number of hydrogen-bond acceptors (Lipinski definition) is 0. The molecule has 0 spiro atoms. The normalized spacial score (nSPS) is 13.2. The average molecular weight is 474 g/mol. The van der Waals surface area contributed by atoms with Crippen molar-refractivity contribution in [2.75, 3.05) is 0 Å². The predicted octanol–water partition coefficient (Wildman–Crippen LogP) is 6.97. The lowest BCUT2D eigenvalue weighted by molar-refractivity contribution is -0.702. The fraction of sp³-hybridized carbons (Fsp3) is 0.250. The Morgan fingerprint density at radius 1 is 0.742 bits per heavy atom. The number of imidazole rings is 1. The number of aromatic nitrogens is 2. The van der Waals surface area contributed by atoms with Gasteiger partial charge in [0.15, 0.2) is 5.69 Å². The summed E-state index contributed by atoms with van der Waals surface area (Å²) in [6.45, 7) is 3.33. The third kappa shape index (κ3) is 4.38. The first-order valence-electron chi connectivity index (χ1n) is 11.2. The van der Waals surface area contributed by atoms with E-state index in [1.165, 1.54) is 58.7 Å². The van der Waals surface area contributed by atoms with Crippen LogP contribution in [0.15, 0.2) is 85.1 Å². The highest BCUT2D eigenvalue weighted by Crippen LogP contribution is 2.28. The molecule has 0 saturated heterocycles. The third-order valence-corrected chi connectivity index (χ3v) is 6.30. The predicted molar refractivity (Wildman–Crippen MR) is 134 cm³/mol. The van der Waals surface area contributed by atoms with Gasteiger partial charge in [0.2, 0.25) is 0 Å². The van der Waals surface area contributed by atoms with Crippen LogP contribution in [0.3, 0.4) is 0 Å². The van der Waals surface area contributed by atoms with Crippen LogP contribution in [0.4, 0.5) is 0 Å². The van der Waals surface area contributed by atoms with E-state index in [0.717, 1.165) is 19.4 Å². The van der Waals surface area contributed by atoms with Crippen molar-refractivity contribution >= 4 is 17.0 Å². The Bertz CT molecular complexity index is 1130. The zero-order valence-electron chi connectivity index (χ0n) is 18.1. The van der Waals surface area contributed by atoms with Crippen LogP contribution in [0, 0.1) is 0 Å². The highest BCUT2D eigenvalue weighted by molar-refractivity contribution is 8.93. The molecule has 0 bridgehead atoms. The van der Waals surface area contributed by atoms with E-state index in [1.807, 2.05) is 0 Å². The van der Waals surface area contributed by atoms with Gasteiger partial charge in [0.1, 0.15) is 11.9 Å². The Morgan fingerprint density at radius 2 is 1.42 bits per heavy atom. The minimum Gasteiger partial charge on any atom is -0.233 e. The topological polar surface area (TPSA) is 8.81 Å². The highest BCUT2D eigenvalue weighted by atomic mass is 79.9. The molecule has 3 aromatic carbocycles. The first-order chi connectivity index (χ1) is 14.8. The number of aryl methyl sites for hydroxylation is 2. The Labute approximate surface area is 196 Å². The van der Waals surface area contributed by atoms with E-state index in [4.69, 9.17) is 0 Å². The molecule has 31 heavy (non-hydrogen) atoms. The van der Waals surface area contributed by atoms with Gasteiger partial charge in [-0.25, -0.2) is 4.57 Å². The lowest BCUT2D eigenvalue weighted by Gasteiger charge is -2.08. The van der Waals surface area contributed by atoms with E-state index in [9.17, 15) is 0 Å². The maximum atomic E-state index is 2.49. The van der Waals surface area contributed by atoms with Crippen LogP contribution >= 0.6 is 17.0 Å². The number of rotatable bonds is 4. The largest absolute Gasteiger partial charge is 0.262 e. The molecule has 2 nitrogen and oxygen atoms in total. The Morgan fingerprint density at radius 3 is 2.13 bits per heavy atom. The van der Waals surface area contributed by atoms with E-state index in [1.54, 1.807) is 0 Å². The zero-order valence-corrected chi connectivity index (χ0v) is 19.8. The van der Waals surface area contributed by atoms with Crippen molar-refractivity contribution < 1.29 is 4.57 Å². The van der Waals surface area contributed by atoms with Gasteiger partial charge in [0.05, 0.1) is 6.54 Å². The fourth-order valence-electron chi connectivity index (χ4n) is 4.57. The van der Waals surface area contributed by atoms with Gasteiger partial charge in [-0.05, 0) is 54.5 Å². The Kier molecular flexibility index (Phi) is 6.72. The van der Waals surface area contributed by atoms with Crippen LogP contribution in [-0.2, 0) is 19.4 Å². The molecule has 1 aliphatic rings. The molecule has 0 atom stereocenters. The van der Waals surface area contributed by atoms with Crippen molar-refractivity contribution in [3.63, 3.8) is 0 Å². The standard InChI is InChI=1S/C28H29N2.BrH/c1-2-22-12-14-25(15-13-22)27-21-29-20-8-4-7-11-28(29)30(27)26-18-16-24(17-19-26)23-9-5-3-6-10-23;/h3,5-6,9-10,12-19,21H,2,4,7-8,11,20H2,1H3;1H/q+1;. The summed E-state index contributed by atoms with van der Waals surface area (Å²) in [6, 6.07) is 28.8. The van der Waals surface area contributed by atoms with Crippen LogP contribution in [0.2, 0.25) is 0 Å². The zero-order chi connectivity index (χ0) is 20.3. The summed E-state index contributed by atoms with van der Waals surface area (Å²) in [5.74, 6) is 1.43. The lowest BCUT2D eigenvalue weighted by atomic mass is 10.0. The molecular weight excluding hydrogens is 444 g/mol. The van der Waals surface area contributed by atoms with Gasteiger partial charge in [-0.1, -0.05) is 73.7 Å². The summed E-state index contributed by atoms with van der Waals surface area (Å²) < 4.78 is 4.97. The van der Waals surface area contributed by atoms with Gasteiger partial charge in [0, 0.05) is 12.0 Å². The molecule has 0 saturated carbocycles. The number of fused-ring (bicyclic) bond motifs is 1. The van der Waals surface area contributed by atoms with E-state index in [0.29, 0.717) is 0 Å². The van der Waals surface area contributed by atoms with Gasteiger partial charge < -0.3 is 0 Å². The summed E-state index contributed by atoms with van der Waals surface area (Å²) in [4.78, 5) is 0. The molecule has 1 aliphatic heterocycles. The number of nitrogens with zero attached hydrogens (tertiary/aromatic N) is 2. The minimum atomic E-state index is 0. The maximum absolute atomic E-state index is 2.49. The Hall–Kier alpha value is -2.65. The monoisotopic (exact) mass is 473 g/mol. The summed E-state index contributed by atoms with van der Waals surface area (Å²) in [5.41, 5.74) is 7.75. The molecule has 0 radical (unpaired) electrons. The van der Waals surface area contributed by atoms with Crippen LogP contribution in [-0.4, -0.2) is 4.57 Å². The first-order valence-corrected chi connectivity index (χ1v) is 11.2. The molecule has 0 unspecified atom stereocenters. The van der Waals surface area contributed by atoms with E-state index < -0.39 is 0 Å². The van der Waals surface area contributed by atoms with Crippen molar-refractivity contribution in [2.24, 2.45) is 0 Å². The van der Waals surface area contributed by atoms with Crippen molar-refractivity contribution in [3.8, 4) is 28.1 Å². The number of halogens is 1. The first kappa shape index (κ1) is 21.6. The molecule has 0 amide bonds. The summed E-state index contributed by atoms with van der Waals surface area (Å²) in [7, 11) is 0. The smallest absolute Gasteiger partial charge is 0.233 e. The van der Waals surface area contributed by atoms with Crippen LogP contribution in [0.1, 0.15) is 37.6 Å². The average Bonchev–Trinajstić information content (AvgIpc) is 3.02. The van der Waals surface area contributed by atoms with Gasteiger partial charge in [-0.2, -0.15) is 4.57 Å². The van der Waals surface area contributed by atoms with Crippen molar-refractivity contribution in [1.82, 2.24) is 4.57 Å². The molecule has 0 N–H and O–H groups in total. The second-order valence-corrected chi connectivity index (χ2v) is 8.23. The molecule has 0 fully saturated rings.